The molecule has 84 valence electrons. The van der Waals surface area contributed by atoms with Crippen molar-refractivity contribution in [2.75, 3.05) is 19.6 Å². The standard InChI is InChI=1S/C12H26N2/c1-9(2)12(13)8-14-6-5-10(3)11(4)7-14/h9-12H,5-8,13H2,1-4H3/t10?,11?,12-/m1/s1. The molecule has 0 aromatic carbocycles. The maximum atomic E-state index is 6.09. The predicted octanol–water partition coefficient (Wildman–Crippen LogP) is 1.95. The van der Waals surface area contributed by atoms with Crippen molar-refractivity contribution >= 4 is 0 Å². The van der Waals surface area contributed by atoms with E-state index >= 15 is 0 Å². The molecule has 2 unspecified atom stereocenters. The Morgan fingerprint density at radius 3 is 2.43 bits per heavy atom. The summed E-state index contributed by atoms with van der Waals surface area (Å²) in [5, 5.41) is 0. The molecule has 1 heterocycles. The Bertz CT molecular complexity index is 168. The molecule has 2 N–H and O–H groups in total. The highest BCUT2D eigenvalue weighted by Gasteiger charge is 2.24. The van der Waals surface area contributed by atoms with E-state index in [9.17, 15) is 0 Å². The van der Waals surface area contributed by atoms with Crippen LogP contribution in [0.1, 0.15) is 34.1 Å². The zero-order valence-electron chi connectivity index (χ0n) is 10.2. The van der Waals surface area contributed by atoms with Gasteiger partial charge in [0.2, 0.25) is 0 Å². The van der Waals surface area contributed by atoms with Crippen molar-refractivity contribution in [3.05, 3.63) is 0 Å². The second-order valence-electron chi connectivity index (χ2n) is 5.41. The molecule has 1 saturated heterocycles. The fourth-order valence-electron chi connectivity index (χ4n) is 2.02. The van der Waals surface area contributed by atoms with Crippen molar-refractivity contribution < 1.29 is 0 Å². The first-order valence-electron chi connectivity index (χ1n) is 5.98. The van der Waals surface area contributed by atoms with Gasteiger partial charge in [-0.25, -0.2) is 0 Å². The first-order valence-corrected chi connectivity index (χ1v) is 5.98. The summed E-state index contributed by atoms with van der Waals surface area (Å²) < 4.78 is 0. The third-order valence-electron chi connectivity index (χ3n) is 3.74. The van der Waals surface area contributed by atoms with E-state index < -0.39 is 0 Å². The van der Waals surface area contributed by atoms with Crippen molar-refractivity contribution in [2.24, 2.45) is 23.5 Å². The lowest BCUT2D eigenvalue weighted by Crippen LogP contribution is -2.46. The summed E-state index contributed by atoms with van der Waals surface area (Å²) in [6.45, 7) is 12.7. The molecule has 14 heavy (non-hydrogen) atoms. The van der Waals surface area contributed by atoms with Gasteiger partial charge in [-0.2, -0.15) is 0 Å². The number of hydrogen-bond donors (Lipinski definition) is 1. The molecule has 0 saturated carbocycles. The topological polar surface area (TPSA) is 29.3 Å². The van der Waals surface area contributed by atoms with Crippen LogP contribution in [-0.2, 0) is 0 Å². The van der Waals surface area contributed by atoms with Crippen LogP contribution in [0.3, 0.4) is 0 Å². The fraction of sp³-hybridized carbons (Fsp3) is 1.00. The minimum absolute atomic E-state index is 0.343. The summed E-state index contributed by atoms with van der Waals surface area (Å²) in [5.74, 6) is 2.33. The zero-order valence-corrected chi connectivity index (χ0v) is 10.2. The molecule has 1 rings (SSSR count). The molecule has 1 aliphatic rings. The highest BCUT2D eigenvalue weighted by atomic mass is 15.1. The Labute approximate surface area is 88.8 Å². The van der Waals surface area contributed by atoms with Gasteiger partial charge in [-0.05, 0) is 30.7 Å². The van der Waals surface area contributed by atoms with Gasteiger partial charge < -0.3 is 10.6 Å². The molecule has 1 aliphatic heterocycles. The van der Waals surface area contributed by atoms with Crippen LogP contribution >= 0.6 is 0 Å². The molecule has 0 spiro atoms. The SMILES string of the molecule is CC1CCN(C[C@@H](N)C(C)C)CC1C. The molecular formula is C12H26N2. The van der Waals surface area contributed by atoms with E-state index in [1.165, 1.54) is 19.5 Å². The molecule has 2 heteroatoms. The largest absolute Gasteiger partial charge is 0.326 e. The van der Waals surface area contributed by atoms with Crippen molar-refractivity contribution in [2.45, 2.75) is 40.2 Å². The van der Waals surface area contributed by atoms with E-state index in [2.05, 4.69) is 32.6 Å². The van der Waals surface area contributed by atoms with Gasteiger partial charge in [0.25, 0.3) is 0 Å². The van der Waals surface area contributed by atoms with E-state index in [4.69, 9.17) is 5.73 Å². The van der Waals surface area contributed by atoms with E-state index in [0.29, 0.717) is 12.0 Å². The predicted molar refractivity (Wildman–Crippen MR) is 62.2 cm³/mol. The van der Waals surface area contributed by atoms with Crippen molar-refractivity contribution in [1.82, 2.24) is 4.90 Å². The molecule has 3 atom stereocenters. The minimum Gasteiger partial charge on any atom is -0.326 e. The summed E-state index contributed by atoms with van der Waals surface area (Å²) in [6, 6.07) is 0.343. The van der Waals surface area contributed by atoms with Crippen LogP contribution in [0.15, 0.2) is 0 Å². The monoisotopic (exact) mass is 198 g/mol. The zero-order chi connectivity index (χ0) is 10.7. The number of likely N-dealkylation sites (tertiary alicyclic amines) is 1. The Balaban J connectivity index is 2.33. The summed E-state index contributed by atoms with van der Waals surface area (Å²) in [7, 11) is 0. The van der Waals surface area contributed by atoms with Gasteiger partial charge in [-0.3, -0.25) is 0 Å². The smallest absolute Gasteiger partial charge is 0.0191 e. The van der Waals surface area contributed by atoms with Gasteiger partial charge in [0.15, 0.2) is 0 Å². The molecule has 0 amide bonds. The third-order valence-corrected chi connectivity index (χ3v) is 3.74. The molecule has 0 aromatic heterocycles. The highest BCUT2D eigenvalue weighted by Crippen LogP contribution is 2.22. The van der Waals surface area contributed by atoms with Gasteiger partial charge >= 0.3 is 0 Å². The highest BCUT2D eigenvalue weighted by molar-refractivity contribution is 4.79. The van der Waals surface area contributed by atoms with Crippen LogP contribution in [0, 0.1) is 17.8 Å². The summed E-state index contributed by atoms with van der Waals surface area (Å²) in [5.41, 5.74) is 6.09. The molecule has 2 nitrogen and oxygen atoms in total. The average Bonchev–Trinajstić information content (AvgIpc) is 2.11. The average molecular weight is 198 g/mol. The Hall–Kier alpha value is -0.0800. The quantitative estimate of drug-likeness (QED) is 0.751. The van der Waals surface area contributed by atoms with Crippen LogP contribution in [0.2, 0.25) is 0 Å². The maximum Gasteiger partial charge on any atom is 0.0191 e. The lowest BCUT2D eigenvalue weighted by molar-refractivity contribution is 0.126. The number of nitrogens with zero attached hydrogens (tertiary/aromatic N) is 1. The fourth-order valence-corrected chi connectivity index (χ4v) is 2.02. The number of hydrogen-bond acceptors (Lipinski definition) is 2. The van der Waals surface area contributed by atoms with Gasteiger partial charge in [0.05, 0.1) is 0 Å². The maximum absolute atomic E-state index is 6.09. The van der Waals surface area contributed by atoms with Gasteiger partial charge in [-0.1, -0.05) is 27.7 Å². The Morgan fingerprint density at radius 1 is 1.29 bits per heavy atom. The van der Waals surface area contributed by atoms with Gasteiger partial charge in [-0.15, -0.1) is 0 Å². The van der Waals surface area contributed by atoms with Gasteiger partial charge in [0, 0.05) is 19.1 Å². The van der Waals surface area contributed by atoms with Crippen molar-refractivity contribution in [3.8, 4) is 0 Å². The van der Waals surface area contributed by atoms with Crippen LogP contribution in [0.5, 0.6) is 0 Å². The minimum atomic E-state index is 0.343. The molecule has 0 radical (unpaired) electrons. The normalized spacial score (nSPS) is 32.1. The molecule has 0 bridgehead atoms. The van der Waals surface area contributed by atoms with E-state index in [1.807, 2.05) is 0 Å². The second-order valence-corrected chi connectivity index (χ2v) is 5.41. The second kappa shape index (κ2) is 5.13. The van der Waals surface area contributed by atoms with E-state index in [0.717, 1.165) is 18.4 Å². The van der Waals surface area contributed by atoms with Crippen molar-refractivity contribution in [3.63, 3.8) is 0 Å². The summed E-state index contributed by atoms with van der Waals surface area (Å²) in [6.07, 6.45) is 1.34. The molecule has 1 fully saturated rings. The van der Waals surface area contributed by atoms with E-state index in [1.54, 1.807) is 0 Å². The number of piperidine rings is 1. The summed E-state index contributed by atoms with van der Waals surface area (Å²) in [4.78, 5) is 2.54. The van der Waals surface area contributed by atoms with Crippen LogP contribution in [0.4, 0.5) is 0 Å². The van der Waals surface area contributed by atoms with Crippen molar-refractivity contribution in [1.29, 1.82) is 0 Å². The lowest BCUT2D eigenvalue weighted by atomic mass is 9.88. The first kappa shape index (κ1) is 12.0. The summed E-state index contributed by atoms with van der Waals surface area (Å²) >= 11 is 0. The lowest BCUT2D eigenvalue weighted by Gasteiger charge is -2.37. The van der Waals surface area contributed by atoms with Gasteiger partial charge in [0.1, 0.15) is 0 Å². The Kier molecular flexibility index (Phi) is 4.39. The first-order chi connectivity index (χ1) is 6.50. The van der Waals surface area contributed by atoms with Crippen LogP contribution in [0.25, 0.3) is 0 Å². The molecule has 0 aliphatic carbocycles. The Morgan fingerprint density at radius 2 is 1.93 bits per heavy atom. The number of nitrogens with two attached hydrogens (primary N) is 1. The van der Waals surface area contributed by atoms with Crippen LogP contribution < -0.4 is 5.73 Å². The van der Waals surface area contributed by atoms with E-state index in [-0.39, 0.29) is 0 Å². The number of rotatable bonds is 3. The van der Waals surface area contributed by atoms with Crippen LogP contribution in [-0.4, -0.2) is 30.6 Å². The molecule has 0 aromatic rings. The molecular weight excluding hydrogens is 172 g/mol. The third kappa shape index (κ3) is 3.25.